The van der Waals surface area contributed by atoms with E-state index < -0.39 is 17.6 Å². The summed E-state index contributed by atoms with van der Waals surface area (Å²) in [6, 6.07) is 12.1. The lowest BCUT2D eigenvalue weighted by molar-refractivity contribution is -0.177. The smallest absolute Gasteiger partial charge is 0.330 e. The van der Waals surface area contributed by atoms with Crippen molar-refractivity contribution in [3.63, 3.8) is 0 Å². The minimum atomic E-state index is -5.00. The van der Waals surface area contributed by atoms with Crippen molar-refractivity contribution in [3.05, 3.63) is 35.9 Å². The molecule has 2 aliphatic rings. The van der Waals surface area contributed by atoms with Crippen LogP contribution in [0.4, 0.5) is 13.2 Å². The van der Waals surface area contributed by atoms with Crippen LogP contribution in [0.2, 0.25) is 0 Å². The number of nitrogens with one attached hydrogen (secondary N) is 1. The number of rotatable bonds is 4. The van der Waals surface area contributed by atoms with E-state index in [1.165, 1.54) is 0 Å². The van der Waals surface area contributed by atoms with Crippen molar-refractivity contribution in [1.29, 1.82) is 5.26 Å². The van der Waals surface area contributed by atoms with Crippen LogP contribution in [0.5, 0.6) is 0 Å². The molecule has 2 saturated carbocycles. The first-order chi connectivity index (χ1) is 14.1. The number of amides is 1. The standard InChI is InChI=1S/C23H30F3N3O/c1-29(2)22(18-11-7-4-8-12-18)14-13-21(16-27,28-20(30)23(24,25)26)19(15-22)17-9-5-3-6-10-17/h4,7-8,11-12,17,19H,3,5-6,9-10,13-15H2,1-2H3,(H,28,30). The van der Waals surface area contributed by atoms with Gasteiger partial charge in [0, 0.05) is 11.5 Å². The van der Waals surface area contributed by atoms with Crippen LogP contribution in [-0.2, 0) is 10.3 Å². The fraction of sp³-hybridized carbons (Fsp3) is 0.652. The quantitative estimate of drug-likeness (QED) is 0.762. The number of halogens is 3. The number of hydrogen-bond acceptors (Lipinski definition) is 3. The molecule has 30 heavy (non-hydrogen) atoms. The second kappa shape index (κ2) is 8.58. The highest BCUT2D eigenvalue weighted by Gasteiger charge is 2.56. The van der Waals surface area contributed by atoms with Crippen LogP contribution in [-0.4, -0.2) is 36.6 Å². The van der Waals surface area contributed by atoms with E-state index in [2.05, 4.69) is 16.3 Å². The normalized spacial score (nSPS) is 30.6. The van der Waals surface area contributed by atoms with E-state index in [4.69, 9.17) is 0 Å². The van der Waals surface area contributed by atoms with Gasteiger partial charge >= 0.3 is 12.1 Å². The van der Waals surface area contributed by atoms with E-state index in [-0.39, 0.29) is 23.8 Å². The first-order valence-corrected chi connectivity index (χ1v) is 10.7. The van der Waals surface area contributed by atoms with Crippen LogP contribution in [0.15, 0.2) is 30.3 Å². The molecule has 0 radical (unpaired) electrons. The minimum Gasteiger partial charge on any atom is -0.330 e. The third-order valence-corrected chi connectivity index (χ3v) is 7.30. The summed E-state index contributed by atoms with van der Waals surface area (Å²) in [7, 11) is 3.97. The second-order valence-electron chi connectivity index (χ2n) is 9.04. The zero-order valence-electron chi connectivity index (χ0n) is 17.6. The molecule has 3 atom stereocenters. The topological polar surface area (TPSA) is 56.1 Å². The van der Waals surface area contributed by atoms with Gasteiger partial charge in [-0.25, -0.2) is 0 Å². The first-order valence-electron chi connectivity index (χ1n) is 10.7. The van der Waals surface area contributed by atoms with Crippen LogP contribution < -0.4 is 5.32 Å². The van der Waals surface area contributed by atoms with E-state index in [0.29, 0.717) is 12.8 Å². The Labute approximate surface area is 176 Å². The molecule has 0 spiro atoms. The Morgan fingerprint density at radius 3 is 2.30 bits per heavy atom. The number of benzene rings is 1. The molecule has 2 aliphatic carbocycles. The van der Waals surface area contributed by atoms with E-state index in [1.54, 1.807) is 0 Å². The summed E-state index contributed by atoms with van der Waals surface area (Å²) < 4.78 is 39.3. The van der Waals surface area contributed by atoms with E-state index >= 15 is 0 Å². The maximum Gasteiger partial charge on any atom is 0.471 e. The number of nitrogens with zero attached hydrogens (tertiary/aromatic N) is 2. The van der Waals surface area contributed by atoms with Crippen molar-refractivity contribution >= 4 is 5.91 Å². The van der Waals surface area contributed by atoms with Gasteiger partial charge in [0.15, 0.2) is 0 Å². The van der Waals surface area contributed by atoms with Gasteiger partial charge in [-0.05, 0) is 44.8 Å². The molecule has 3 unspecified atom stereocenters. The van der Waals surface area contributed by atoms with Crippen molar-refractivity contribution in [2.45, 2.75) is 68.6 Å². The molecule has 4 nitrogen and oxygen atoms in total. The summed E-state index contributed by atoms with van der Waals surface area (Å²) in [5.41, 5.74) is -0.778. The predicted molar refractivity (Wildman–Crippen MR) is 108 cm³/mol. The molecule has 1 amide bonds. The lowest BCUT2D eigenvalue weighted by atomic mass is 9.58. The van der Waals surface area contributed by atoms with Gasteiger partial charge in [0.1, 0.15) is 5.54 Å². The van der Waals surface area contributed by atoms with Crippen LogP contribution in [0.1, 0.15) is 56.9 Å². The SMILES string of the molecule is CN(C)C1(c2ccccc2)CCC(C#N)(NC(=O)C(F)(F)F)C(C2CCCCC2)C1. The maximum absolute atomic E-state index is 13.1. The molecule has 0 aliphatic heterocycles. The molecule has 2 fully saturated rings. The highest BCUT2D eigenvalue weighted by atomic mass is 19.4. The van der Waals surface area contributed by atoms with Gasteiger partial charge in [-0.2, -0.15) is 18.4 Å². The largest absolute Gasteiger partial charge is 0.471 e. The molecule has 1 N–H and O–H groups in total. The maximum atomic E-state index is 13.1. The van der Waals surface area contributed by atoms with Crippen molar-refractivity contribution in [2.24, 2.45) is 11.8 Å². The molecule has 1 aromatic rings. The lowest BCUT2D eigenvalue weighted by Gasteiger charge is -2.54. The predicted octanol–water partition coefficient (Wildman–Crippen LogP) is 4.76. The number of carbonyl (C=O) groups is 1. The van der Waals surface area contributed by atoms with Crippen LogP contribution >= 0.6 is 0 Å². The number of alkyl halides is 3. The minimum absolute atomic E-state index is 0.121. The Balaban J connectivity index is 2.03. The molecule has 0 saturated heterocycles. The summed E-state index contributed by atoms with van der Waals surface area (Å²) in [4.78, 5) is 14.0. The number of carbonyl (C=O) groups excluding carboxylic acids is 1. The first kappa shape index (κ1) is 22.6. The van der Waals surface area contributed by atoms with Gasteiger partial charge in [0.25, 0.3) is 0 Å². The Kier molecular flexibility index (Phi) is 6.47. The van der Waals surface area contributed by atoms with Gasteiger partial charge in [-0.1, -0.05) is 62.4 Å². The Bertz CT molecular complexity index is 783. The number of nitriles is 1. The van der Waals surface area contributed by atoms with Gasteiger partial charge in [-0.15, -0.1) is 0 Å². The molecule has 0 bridgehead atoms. The molecule has 0 heterocycles. The molecule has 3 rings (SSSR count). The molecular weight excluding hydrogens is 391 g/mol. The van der Waals surface area contributed by atoms with Crippen molar-refractivity contribution in [1.82, 2.24) is 10.2 Å². The highest BCUT2D eigenvalue weighted by molar-refractivity contribution is 5.83. The second-order valence-corrected chi connectivity index (χ2v) is 9.04. The average Bonchev–Trinajstić information content (AvgIpc) is 2.74. The zero-order chi connectivity index (χ0) is 22.0. The fourth-order valence-electron chi connectivity index (χ4n) is 5.61. The van der Waals surface area contributed by atoms with Gasteiger partial charge in [0.2, 0.25) is 0 Å². The van der Waals surface area contributed by atoms with E-state index in [1.807, 2.05) is 44.4 Å². The fourth-order valence-corrected chi connectivity index (χ4v) is 5.61. The highest BCUT2D eigenvalue weighted by Crippen LogP contribution is 2.52. The van der Waals surface area contributed by atoms with Crippen molar-refractivity contribution in [2.75, 3.05) is 14.1 Å². The summed E-state index contributed by atoms with van der Waals surface area (Å²) in [5, 5.41) is 12.2. The van der Waals surface area contributed by atoms with Gasteiger partial charge < -0.3 is 5.32 Å². The summed E-state index contributed by atoms with van der Waals surface area (Å²) >= 11 is 0. The zero-order valence-corrected chi connectivity index (χ0v) is 17.6. The van der Waals surface area contributed by atoms with Gasteiger partial charge in [0.05, 0.1) is 6.07 Å². The molecular formula is C23H30F3N3O. The average molecular weight is 422 g/mol. The molecule has 0 aromatic heterocycles. The Hall–Kier alpha value is -2.07. The third-order valence-electron chi connectivity index (χ3n) is 7.30. The Morgan fingerprint density at radius 1 is 1.13 bits per heavy atom. The molecule has 7 heteroatoms. The van der Waals surface area contributed by atoms with E-state index in [0.717, 1.165) is 37.7 Å². The summed E-state index contributed by atoms with van der Waals surface area (Å²) in [5.74, 6) is -2.23. The van der Waals surface area contributed by atoms with Crippen molar-refractivity contribution in [3.8, 4) is 6.07 Å². The van der Waals surface area contributed by atoms with Crippen molar-refractivity contribution < 1.29 is 18.0 Å². The van der Waals surface area contributed by atoms with Crippen LogP contribution in [0.25, 0.3) is 0 Å². The summed E-state index contributed by atoms with van der Waals surface area (Å²) in [6.45, 7) is 0. The summed E-state index contributed by atoms with van der Waals surface area (Å²) in [6.07, 6.45) is 1.12. The lowest BCUT2D eigenvalue weighted by Crippen LogP contribution is -2.63. The molecule has 164 valence electrons. The van der Waals surface area contributed by atoms with Crippen LogP contribution in [0, 0.1) is 23.2 Å². The monoisotopic (exact) mass is 421 g/mol. The molecule has 1 aromatic carbocycles. The van der Waals surface area contributed by atoms with Crippen LogP contribution in [0.3, 0.4) is 0 Å². The third kappa shape index (κ3) is 4.20. The Morgan fingerprint density at radius 2 is 1.77 bits per heavy atom. The number of hydrogen-bond donors (Lipinski definition) is 1. The van der Waals surface area contributed by atoms with E-state index in [9.17, 15) is 23.2 Å². The van der Waals surface area contributed by atoms with Gasteiger partial charge in [-0.3, -0.25) is 9.69 Å².